The Morgan fingerprint density at radius 2 is 2.11 bits per heavy atom. The summed E-state index contributed by atoms with van der Waals surface area (Å²) in [6, 6.07) is 2.02. The molecule has 0 saturated carbocycles. The molecule has 1 rings (SSSR count). The van der Waals surface area contributed by atoms with Gasteiger partial charge < -0.3 is 5.32 Å². The molecule has 18 heavy (non-hydrogen) atoms. The fourth-order valence-corrected chi connectivity index (χ4v) is 2.92. The van der Waals surface area contributed by atoms with Crippen molar-refractivity contribution in [1.29, 1.82) is 0 Å². The van der Waals surface area contributed by atoms with Gasteiger partial charge in [0.05, 0.1) is 17.1 Å². The van der Waals surface area contributed by atoms with E-state index < -0.39 is 9.84 Å². The standard InChI is InChI=1S/C12H23N3O2S/c1-5-11-7-12(15(6-2)14-11)8-13-10(3)9-18(4,16)17/h7,10,13H,5-6,8-9H2,1-4H3. The first kappa shape index (κ1) is 15.2. The molecule has 1 atom stereocenters. The van der Waals surface area contributed by atoms with Gasteiger partial charge in [-0.1, -0.05) is 6.92 Å². The summed E-state index contributed by atoms with van der Waals surface area (Å²) in [7, 11) is -2.93. The molecule has 0 aliphatic heterocycles. The molecule has 0 spiro atoms. The van der Waals surface area contributed by atoms with Gasteiger partial charge in [0.15, 0.2) is 0 Å². The highest BCUT2D eigenvalue weighted by atomic mass is 32.2. The van der Waals surface area contributed by atoms with Gasteiger partial charge in [0, 0.05) is 25.4 Å². The maximum Gasteiger partial charge on any atom is 0.148 e. The Hall–Kier alpha value is -0.880. The largest absolute Gasteiger partial charge is 0.308 e. The number of aryl methyl sites for hydroxylation is 2. The van der Waals surface area contributed by atoms with Crippen LogP contribution in [-0.4, -0.2) is 36.2 Å². The highest BCUT2D eigenvalue weighted by molar-refractivity contribution is 7.90. The highest BCUT2D eigenvalue weighted by Gasteiger charge is 2.11. The van der Waals surface area contributed by atoms with Crippen molar-refractivity contribution in [2.75, 3.05) is 12.0 Å². The molecule has 0 aliphatic rings. The van der Waals surface area contributed by atoms with Crippen LogP contribution in [0.5, 0.6) is 0 Å². The van der Waals surface area contributed by atoms with Gasteiger partial charge in [-0.2, -0.15) is 5.10 Å². The molecule has 0 saturated heterocycles. The van der Waals surface area contributed by atoms with Crippen LogP contribution in [0.25, 0.3) is 0 Å². The average molecular weight is 273 g/mol. The summed E-state index contributed by atoms with van der Waals surface area (Å²) < 4.78 is 24.3. The quantitative estimate of drug-likeness (QED) is 0.804. The molecule has 0 bridgehead atoms. The summed E-state index contributed by atoms with van der Waals surface area (Å²) >= 11 is 0. The van der Waals surface area contributed by atoms with Gasteiger partial charge in [0.2, 0.25) is 0 Å². The number of hydrogen-bond donors (Lipinski definition) is 1. The van der Waals surface area contributed by atoms with E-state index in [9.17, 15) is 8.42 Å². The van der Waals surface area contributed by atoms with Gasteiger partial charge in [-0.15, -0.1) is 0 Å². The number of sulfone groups is 1. The Labute approximate surface area is 109 Å². The molecule has 0 radical (unpaired) electrons. The minimum atomic E-state index is -2.93. The van der Waals surface area contributed by atoms with E-state index >= 15 is 0 Å². The van der Waals surface area contributed by atoms with Gasteiger partial charge in [-0.05, 0) is 26.3 Å². The highest BCUT2D eigenvalue weighted by Crippen LogP contribution is 2.06. The van der Waals surface area contributed by atoms with Gasteiger partial charge in [0.25, 0.3) is 0 Å². The van der Waals surface area contributed by atoms with E-state index in [2.05, 4.69) is 30.3 Å². The van der Waals surface area contributed by atoms with Crippen LogP contribution < -0.4 is 5.32 Å². The van der Waals surface area contributed by atoms with Crippen molar-refractivity contribution >= 4 is 9.84 Å². The fourth-order valence-electron chi connectivity index (χ4n) is 1.90. The molecule has 6 heteroatoms. The Bertz CT molecular complexity index is 480. The predicted octanol–water partition coefficient (Wildman–Crippen LogP) is 0.988. The molecule has 1 aromatic heterocycles. The van der Waals surface area contributed by atoms with E-state index in [1.165, 1.54) is 6.26 Å². The third-order valence-electron chi connectivity index (χ3n) is 2.76. The van der Waals surface area contributed by atoms with Gasteiger partial charge in [-0.25, -0.2) is 8.42 Å². The van der Waals surface area contributed by atoms with Crippen LogP contribution in [0.1, 0.15) is 32.2 Å². The zero-order chi connectivity index (χ0) is 13.8. The van der Waals surface area contributed by atoms with E-state index in [1.54, 1.807) is 0 Å². The lowest BCUT2D eigenvalue weighted by molar-refractivity contribution is 0.531. The number of hydrogen-bond acceptors (Lipinski definition) is 4. The zero-order valence-electron chi connectivity index (χ0n) is 11.6. The lowest BCUT2D eigenvalue weighted by Gasteiger charge is -2.13. The van der Waals surface area contributed by atoms with Crippen LogP contribution in [0.3, 0.4) is 0 Å². The van der Waals surface area contributed by atoms with Crippen LogP contribution in [-0.2, 0) is 29.3 Å². The van der Waals surface area contributed by atoms with E-state index in [0.717, 1.165) is 24.4 Å². The van der Waals surface area contributed by atoms with Crippen molar-refractivity contribution in [2.24, 2.45) is 0 Å². The third-order valence-corrected chi connectivity index (χ3v) is 3.87. The summed E-state index contributed by atoms with van der Waals surface area (Å²) in [5.41, 5.74) is 2.18. The average Bonchev–Trinajstić information content (AvgIpc) is 2.66. The first-order chi connectivity index (χ1) is 8.35. The normalized spacial score (nSPS) is 13.8. The number of nitrogens with one attached hydrogen (secondary N) is 1. The molecule has 5 nitrogen and oxygen atoms in total. The Morgan fingerprint density at radius 3 is 2.61 bits per heavy atom. The lowest BCUT2D eigenvalue weighted by atomic mass is 10.3. The van der Waals surface area contributed by atoms with Gasteiger partial charge >= 0.3 is 0 Å². The maximum absolute atomic E-state index is 11.2. The predicted molar refractivity (Wildman–Crippen MR) is 73.3 cm³/mol. The smallest absolute Gasteiger partial charge is 0.148 e. The topological polar surface area (TPSA) is 64.0 Å². The zero-order valence-corrected chi connectivity index (χ0v) is 12.4. The third kappa shape index (κ3) is 4.78. The van der Waals surface area contributed by atoms with Crippen LogP contribution >= 0.6 is 0 Å². The van der Waals surface area contributed by atoms with E-state index in [-0.39, 0.29) is 11.8 Å². The van der Waals surface area contributed by atoms with Crippen molar-refractivity contribution in [2.45, 2.75) is 46.3 Å². The van der Waals surface area contributed by atoms with Crippen molar-refractivity contribution in [3.05, 3.63) is 17.5 Å². The molecule has 1 aromatic rings. The van der Waals surface area contributed by atoms with Gasteiger partial charge in [0.1, 0.15) is 9.84 Å². The first-order valence-corrected chi connectivity index (χ1v) is 8.38. The second-order valence-corrected chi connectivity index (χ2v) is 6.86. The SMILES string of the molecule is CCc1cc(CNC(C)CS(C)(=O)=O)n(CC)n1. The Balaban J connectivity index is 2.60. The summed E-state index contributed by atoms with van der Waals surface area (Å²) in [4.78, 5) is 0. The molecule has 1 heterocycles. The maximum atomic E-state index is 11.2. The van der Waals surface area contributed by atoms with Crippen molar-refractivity contribution in [1.82, 2.24) is 15.1 Å². The van der Waals surface area contributed by atoms with Crippen molar-refractivity contribution in [3.63, 3.8) is 0 Å². The molecule has 104 valence electrons. The number of nitrogens with zero attached hydrogens (tertiary/aromatic N) is 2. The monoisotopic (exact) mass is 273 g/mol. The van der Waals surface area contributed by atoms with Crippen LogP contribution in [0, 0.1) is 0 Å². The molecular weight excluding hydrogens is 250 g/mol. The molecule has 0 aromatic carbocycles. The molecule has 0 fully saturated rings. The Morgan fingerprint density at radius 1 is 1.44 bits per heavy atom. The van der Waals surface area contributed by atoms with Crippen molar-refractivity contribution < 1.29 is 8.42 Å². The van der Waals surface area contributed by atoms with E-state index in [0.29, 0.717) is 6.54 Å². The summed E-state index contributed by atoms with van der Waals surface area (Å²) in [5, 5.41) is 7.69. The van der Waals surface area contributed by atoms with E-state index in [1.807, 2.05) is 11.6 Å². The number of aromatic nitrogens is 2. The van der Waals surface area contributed by atoms with Crippen molar-refractivity contribution in [3.8, 4) is 0 Å². The van der Waals surface area contributed by atoms with Crippen LogP contribution in [0.15, 0.2) is 6.07 Å². The molecule has 1 N–H and O–H groups in total. The molecule has 1 unspecified atom stereocenters. The minimum absolute atomic E-state index is 0.0507. The first-order valence-electron chi connectivity index (χ1n) is 6.32. The van der Waals surface area contributed by atoms with Crippen LogP contribution in [0.2, 0.25) is 0 Å². The Kier molecular flexibility index (Phi) is 5.34. The van der Waals surface area contributed by atoms with E-state index in [4.69, 9.17) is 0 Å². The molecule has 0 aliphatic carbocycles. The minimum Gasteiger partial charge on any atom is -0.308 e. The fraction of sp³-hybridized carbons (Fsp3) is 0.750. The second-order valence-electron chi connectivity index (χ2n) is 4.67. The second kappa shape index (κ2) is 6.33. The summed E-state index contributed by atoms with van der Waals surface area (Å²) in [5.74, 6) is 0.161. The summed E-state index contributed by atoms with van der Waals surface area (Å²) in [6.07, 6.45) is 2.18. The lowest BCUT2D eigenvalue weighted by Crippen LogP contribution is -2.32. The van der Waals surface area contributed by atoms with Crippen LogP contribution in [0.4, 0.5) is 0 Å². The molecular formula is C12H23N3O2S. The number of rotatable bonds is 7. The van der Waals surface area contributed by atoms with Gasteiger partial charge in [-0.3, -0.25) is 4.68 Å². The molecule has 0 amide bonds. The summed E-state index contributed by atoms with van der Waals surface area (Å²) in [6.45, 7) is 7.49.